The normalized spacial score (nSPS) is 17.6. The smallest absolute Gasteiger partial charge is 0.271 e. The van der Waals surface area contributed by atoms with E-state index in [0.717, 1.165) is 29.0 Å². The van der Waals surface area contributed by atoms with Crippen molar-refractivity contribution in [3.63, 3.8) is 0 Å². The molecule has 9 nitrogen and oxygen atoms in total. The zero-order valence-corrected chi connectivity index (χ0v) is 21.6. The Bertz CT molecular complexity index is 1210. The highest BCUT2D eigenvalue weighted by Crippen LogP contribution is 2.43. The molecule has 0 aromatic heterocycles. The van der Waals surface area contributed by atoms with Crippen molar-refractivity contribution in [2.24, 2.45) is 0 Å². The molecule has 2 aromatic rings. The third kappa shape index (κ3) is 5.42. The van der Waals surface area contributed by atoms with Gasteiger partial charge in [-0.05, 0) is 37.8 Å². The van der Waals surface area contributed by atoms with E-state index >= 15 is 0 Å². The maximum atomic E-state index is 13.6. The number of nitro benzene ring substituents is 1. The van der Waals surface area contributed by atoms with Gasteiger partial charge in [-0.2, -0.15) is 0 Å². The van der Waals surface area contributed by atoms with Gasteiger partial charge in [0.15, 0.2) is 0 Å². The predicted octanol–water partition coefficient (Wildman–Crippen LogP) is 4.65. The van der Waals surface area contributed by atoms with Crippen LogP contribution in [0.2, 0.25) is 0 Å². The van der Waals surface area contributed by atoms with E-state index in [4.69, 9.17) is 4.74 Å². The van der Waals surface area contributed by atoms with Crippen LogP contribution in [0.3, 0.4) is 0 Å². The lowest BCUT2D eigenvalue weighted by Gasteiger charge is -2.42. The maximum absolute atomic E-state index is 13.6. The Kier molecular flexibility index (Phi) is 7.74. The molecule has 1 N–H and O–H groups in total. The van der Waals surface area contributed by atoms with E-state index in [-0.39, 0.29) is 23.8 Å². The van der Waals surface area contributed by atoms with Crippen LogP contribution in [0.4, 0.5) is 11.4 Å². The molecule has 0 fully saturated rings. The van der Waals surface area contributed by atoms with Gasteiger partial charge in [-0.15, -0.1) is 0 Å². The van der Waals surface area contributed by atoms with Gasteiger partial charge in [0.25, 0.3) is 5.69 Å². The quantitative estimate of drug-likeness (QED) is 0.393. The number of nitro groups is 1. The molecule has 2 atom stereocenters. The molecule has 35 heavy (non-hydrogen) atoms. The molecule has 2 aromatic carbocycles. The van der Waals surface area contributed by atoms with Crippen LogP contribution in [0.25, 0.3) is 0 Å². The van der Waals surface area contributed by atoms with Crippen molar-refractivity contribution in [2.45, 2.75) is 71.1 Å². The van der Waals surface area contributed by atoms with Crippen LogP contribution in [-0.4, -0.2) is 37.1 Å². The van der Waals surface area contributed by atoms with E-state index in [1.165, 1.54) is 18.2 Å². The summed E-state index contributed by atoms with van der Waals surface area (Å²) in [5, 5.41) is 14.4. The summed E-state index contributed by atoms with van der Waals surface area (Å²) in [5.41, 5.74) is 0.780. The number of non-ortho nitro benzene ring substituents is 1. The highest BCUT2D eigenvalue weighted by Gasteiger charge is 2.41. The number of nitrogens with zero attached hydrogens (tertiary/aromatic N) is 2. The van der Waals surface area contributed by atoms with Crippen molar-refractivity contribution in [3.05, 3.63) is 63.7 Å². The number of hydrogen-bond donors (Lipinski definition) is 1. The predicted molar refractivity (Wildman–Crippen MR) is 135 cm³/mol. The number of ether oxygens (including phenoxy) is 1. The molecule has 0 unspecified atom stereocenters. The molecule has 0 saturated carbocycles. The molecule has 0 saturated heterocycles. The lowest BCUT2D eigenvalue weighted by Crippen LogP contribution is -2.52. The molecule has 1 aliphatic heterocycles. The number of nitrogens with one attached hydrogen (secondary N) is 1. The Morgan fingerprint density at radius 2 is 1.89 bits per heavy atom. The molecule has 0 aliphatic carbocycles. The standard InChI is InChI=1S/C25H33N3O6S/c1-6-21(27(35(5,32)33)22-15-18(28(30)31)14-13-17(22)4)24(29)26-20-16-25(7-2,8-3)34-23-12-10-9-11-19(20)23/h9-15,20-21H,6-8,16H2,1-5H3,(H,26,29)/t20-,21-/m0/s1. The molecule has 0 spiro atoms. The van der Waals surface area contributed by atoms with E-state index in [9.17, 15) is 23.3 Å². The Morgan fingerprint density at radius 3 is 2.46 bits per heavy atom. The molecular weight excluding hydrogens is 470 g/mol. The summed E-state index contributed by atoms with van der Waals surface area (Å²) >= 11 is 0. The molecule has 3 rings (SSSR count). The van der Waals surface area contributed by atoms with Gasteiger partial charge >= 0.3 is 0 Å². The van der Waals surface area contributed by atoms with E-state index < -0.39 is 32.5 Å². The van der Waals surface area contributed by atoms with Crippen LogP contribution >= 0.6 is 0 Å². The second kappa shape index (κ2) is 10.2. The van der Waals surface area contributed by atoms with Crippen LogP contribution in [-0.2, 0) is 14.8 Å². The van der Waals surface area contributed by atoms with E-state index in [0.29, 0.717) is 17.7 Å². The Labute approximate surface area is 206 Å². The van der Waals surface area contributed by atoms with Crippen LogP contribution in [0.5, 0.6) is 5.75 Å². The van der Waals surface area contributed by atoms with Crippen molar-refractivity contribution < 1.29 is 22.9 Å². The number of fused-ring (bicyclic) bond motifs is 1. The summed E-state index contributed by atoms with van der Waals surface area (Å²) in [4.78, 5) is 24.4. The summed E-state index contributed by atoms with van der Waals surface area (Å²) < 4.78 is 33.1. The third-order valence-corrected chi connectivity index (χ3v) is 7.94. The third-order valence-electron chi connectivity index (χ3n) is 6.77. The van der Waals surface area contributed by atoms with E-state index in [1.807, 2.05) is 38.1 Å². The van der Waals surface area contributed by atoms with Gasteiger partial charge in [0.05, 0.1) is 22.9 Å². The van der Waals surface area contributed by atoms with Gasteiger partial charge < -0.3 is 10.1 Å². The lowest BCUT2D eigenvalue weighted by atomic mass is 9.83. The number of rotatable bonds is 9. The second-order valence-electron chi connectivity index (χ2n) is 9.01. The van der Waals surface area contributed by atoms with Gasteiger partial charge in [0.2, 0.25) is 15.9 Å². The topological polar surface area (TPSA) is 119 Å². The first-order valence-electron chi connectivity index (χ1n) is 11.8. The van der Waals surface area contributed by atoms with Crippen LogP contribution < -0.4 is 14.4 Å². The fourth-order valence-electron chi connectivity index (χ4n) is 4.68. The van der Waals surface area contributed by atoms with Crippen molar-refractivity contribution in [2.75, 3.05) is 10.6 Å². The fraction of sp³-hybridized carbons (Fsp3) is 0.480. The highest BCUT2D eigenvalue weighted by atomic mass is 32.2. The Balaban J connectivity index is 2.02. The van der Waals surface area contributed by atoms with Crippen molar-refractivity contribution in [1.29, 1.82) is 0 Å². The number of hydrogen-bond acceptors (Lipinski definition) is 6. The lowest BCUT2D eigenvalue weighted by molar-refractivity contribution is -0.384. The van der Waals surface area contributed by atoms with Crippen LogP contribution in [0, 0.1) is 17.0 Å². The first kappa shape index (κ1) is 26.5. The second-order valence-corrected chi connectivity index (χ2v) is 10.9. The molecule has 0 radical (unpaired) electrons. The molecule has 190 valence electrons. The van der Waals surface area contributed by atoms with Crippen LogP contribution in [0.15, 0.2) is 42.5 Å². The SMILES string of the molecule is CC[C@@H](C(=O)N[C@H]1CC(CC)(CC)Oc2ccccc21)N(c1cc([N+](=O)[O-])ccc1C)S(C)(=O)=O. The summed E-state index contributed by atoms with van der Waals surface area (Å²) in [6.07, 6.45) is 3.24. The van der Waals surface area contributed by atoms with Gasteiger partial charge in [-0.3, -0.25) is 19.2 Å². The minimum atomic E-state index is -3.95. The summed E-state index contributed by atoms with van der Waals surface area (Å²) in [7, 11) is -3.95. The van der Waals surface area contributed by atoms with E-state index in [1.54, 1.807) is 13.8 Å². The molecular formula is C25H33N3O6S. The average Bonchev–Trinajstić information content (AvgIpc) is 2.81. The minimum absolute atomic E-state index is 0.118. The van der Waals surface area contributed by atoms with Gasteiger partial charge in [0.1, 0.15) is 17.4 Å². The largest absolute Gasteiger partial charge is 0.487 e. The number of sulfonamides is 1. The molecule has 1 heterocycles. The number of aryl methyl sites for hydroxylation is 1. The molecule has 10 heteroatoms. The van der Waals surface area contributed by atoms with Crippen molar-refractivity contribution in [3.8, 4) is 5.75 Å². The number of carbonyl (C=O) groups is 1. The highest BCUT2D eigenvalue weighted by molar-refractivity contribution is 7.92. The minimum Gasteiger partial charge on any atom is -0.487 e. The molecule has 1 aliphatic rings. The van der Waals surface area contributed by atoms with Crippen molar-refractivity contribution in [1.82, 2.24) is 5.32 Å². The summed E-state index contributed by atoms with van der Waals surface area (Å²) in [6, 6.07) is 10.1. The number of para-hydroxylation sites is 1. The number of carbonyl (C=O) groups excluding carboxylic acids is 1. The Morgan fingerprint density at radius 1 is 1.23 bits per heavy atom. The molecule has 0 bridgehead atoms. The first-order chi connectivity index (χ1) is 16.5. The van der Waals surface area contributed by atoms with Crippen LogP contribution in [0.1, 0.15) is 63.6 Å². The van der Waals surface area contributed by atoms with Gasteiger partial charge in [0, 0.05) is 24.1 Å². The van der Waals surface area contributed by atoms with Gasteiger partial charge in [-0.25, -0.2) is 8.42 Å². The zero-order valence-electron chi connectivity index (χ0n) is 20.8. The first-order valence-corrected chi connectivity index (χ1v) is 13.6. The summed E-state index contributed by atoms with van der Waals surface area (Å²) in [6.45, 7) is 7.46. The maximum Gasteiger partial charge on any atom is 0.271 e. The number of amides is 1. The van der Waals surface area contributed by atoms with Crippen molar-refractivity contribution >= 4 is 27.3 Å². The zero-order chi connectivity index (χ0) is 26.0. The number of benzene rings is 2. The molecule has 1 amide bonds. The number of anilines is 1. The Hall–Kier alpha value is -3.14. The van der Waals surface area contributed by atoms with Gasteiger partial charge in [-0.1, -0.05) is 45.0 Å². The fourth-order valence-corrected chi connectivity index (χ4v) is 5.94. The monoisotopic (exact) mass is 503 g/mol. The van der Waals surface area contributed by atoms with E-state index in [2.05, 4.69) is 5.32 Å². The average molecular weight is 504 g/mol. The summed E-state index contributed by atoms with van der Waals surface area (Å²) in [5.74, 6) is 0.238.